The SMILES string of the molecule is Cc1cc(C(=O)NCCCN(C)C)ccc1-c1ccc(C[C@H](NC(=O)C2CCC(CNC(=O)OC(C)(C)C)CC2)C(=O)Nc2ccc(/C(N)=N/NN)cc2)cc1.O=C(O)C(F)(F)P. The lowest BCUT2D eigenvalue weighted by molar-refractivity contribution is -0.153. The summed E-state index contributed by atoms with van der Waals surface area (Å²) in [5, 5.41) is 23.1. The maximum Gasteiger partial charge on any atom is 0.407 e. The number of halogens is 2. The van der Waals surface area contributed by atoms with Gasteiger partial charge in [0.15, 0.2) is 5.84 Å². The molecule has 0 saturated heterocycles. The second-order valence-corrected chi connectivity index (χ2v) is 17.4. The number of amidine groups is 1. The molecule has 0 bridgehead atoms. The number of nitrogens with one attached hydrogen (secondary N) is 5. The molecule has 1 aliphatic carbocycles. The van der Waals surface area contributed by atoms with Gasteiger partial charge >= 0.3 is 17.7 Å². The Bertz CT molecular complexity index is 2030. The predicted octanol–water partition coefficient (Wildman–Crippen LogP) is 4.96. The number of carboxylic acid groups (broad SMARTS) is 1. The molecule has 1 fully saturated rings. The van der Waals surface area contributed by atoms with E-state index in [0.29, 0.717) is 42.7 Å². The molecular weight excluding hydrogens is 836 g/mol. The Morgan fingerprint density at radius 3 is 2.08 bits per heavy atom. The molecule has 4 rings (SSSR count). The zero-order valence-corrected chi connectivity index (χ0v) is 37.9. The number of ether oxygens (including phenoxy) is 1. The molecule has 3 aromatic carbocycles. The minimum atomic E-state index is -3.67. The van der Waals surface area contributed by atoms with E-state index in [4.69, 9.17) is 21.4 Å². The highest BCUT2D eigenvalue weighted by atomic mass is 31.0. The van der Waals surface area contributed by atoms with Crippen molar-refractivity contribution in [1.29, 1.82) is 0 Å². The van der Waals surface area contributed by atoms with Crippen molar-refractivity contribution in [2.75, 3.05) is 39.0 Å². The molecule has 0 heterocycles. The van der Waals surface area contributed by atoms with Gasteiger partial charge in [0.1, 0.15) is 11.6 Å². The fraction of sp³-hybridized carbons (Fsp3) is 0.455. The zero-order valence-electron chi connectivity index (χ0n) is 36.7. The average molecular weight is 898 g/mol. The number of carbonyl (C=O) groups is 5. The number of rotatable bonds is 17. The van der Waals surface area contributed by atoms with Gasteiger partial charge in [0.05, 0.1) is 0 Å². The van der Waals surface area contributed by atoms with E-state index in [1.807, 2.05) is 84.3 Å². The van der Waals surface area contributed by atoms with Crippen LogP contribution in [0.15, 0.2) is 71.8 Å². The molecule has 0 aromatic heterocycles. The van der Waals surface area contributed by atoms with Gasteiger partial charge < -0.3 is 41.7 Å². The van der Waals surface area contributed by atoms with Gasteiger partial charge in [-0.25, -0.2) is 21.0 Å². The average Bonchev–Trinajstić information content (AvgIpc) is 3.21. The first-order valence-corrected chi connectivity index (χ1v) is 21.1. The van der Waals surface area contributed by atoms with Crippen LogP contribution in [-0.4, -0.2) is 96.7 Å². The highest BCUT2D eigenvalue weighted by Crippen LogP contribution is 2.30. The van der Waals surface area contributed by atoms with E-state index in [1.165, 1.54) is 0 Å². The lowest BCUT2D eigenvalue weighted by atomic mass is 9.81. The maximum atomic E-state index is 13.8. The summed E-state index contributed by atoms with van der Waals surface area (Å²) in [7, 11) is 4.91. The molecule has 19 heteroatoms. The number of nitrogens with two attached hydrogens (primary N) is 2. The molecule has 1 aliphatic rings. The third-order valence-electron chi connectivity index (χ3n) is 9.96. The molecule has 0 aliphatic heterocycles. The topological polar surface area (TPSA) is 243 Å². The van der Waals surface area contributed by atoms with Crippen LogP contribution in [0, 0.1) is 18.8 Å². The number of hydrogen-bond acceptors (Lipinski definition) is 10. The Morgan fingerprint density at radius 1 is 0.937 bits per heavy atom. The van der Waals surface area contributed by atoms with Crippen LogP contribution in [-0.2, 0) is 25.5 Å². The number of nitrogens with zero attached hydrogens (tertiary/aromatic N) is 2. The van der Waals surface area contributed by atoms with Crippen LogP contribution in [0.3, 0.4) is 0 Å². The van der Waals surface area contributed by atoms with Crippen LogP contribution in [0.4, 0.5) is 19.3 Å². The van der Waals surface area contributed by atoms with Crippen molar-refractivity contribution in [2.45, 2.75) is 83.5 Å². The Labute approximate surface area is 369 Å². The maximum absolute atomic E-state index is 13.8. The largest absolute Gasteiger partial charge is 0.477 e. The number of carboxylic acids is 1. The minimum absolute atomic E-state index is 0.0961. The highest BCUT2D eigenvalue weighted by molar-refractivity contribution is 7.20. The van der Waals surface area contributed by atoms with Gasteiger partial charge in [0.25, 0.3) is 5.91 Å². The number of benzene rings is 3. The fourth-order valence-electron chi connectivity index (χ4n) is 6.64. The Balaban J connectivity index is 0.00000139. The lowest BCUT2D eigenvalue weighted by Crippen LogP contribution is -2.48. The van der Waals surface area contributed by atoms with E-state index in [2.05, 4.69) is 36.8 Å². The minimum Gasteiger partial charge on any atom is -0.477 e. The molecule has 16 nitrogen and oxygen atoms in total. The van der Waals surface area contributed by atoms with Gasteiger partial charge in [-0.05, 0) is 154 Å². The molecular formula is C44H62F2N9O7P. The molecule has 2 atom stereocenters. The monoisotopic (exact) mass is 897 g/mol. The molecule has 1 unspecified atom stereocenters. The number of alkyl halides is 2. The number of anilines is 1. The molecule has 3 aromatic rings. The Hall–Kier alpha value is -5.71. The molecule has 4 amide bonds. The van der Waals surface area contributed by atoms with Gasteiger partial charge in [0, 0.05) is 42.2 Å². The molecule has 344 valence electrons. The third-order valence-corrected chi connectivity index (χ3v) is 10.2. The van der Waals surface area contributed by atoms with Gasteiger partial charge in [0.2, 0.25) is 11.8 Å². The quantitative estimate of drug-likeness (QED) is 0.0225. The first-order valence-electron chi connectivity index (χ1n) is 20.6. The summed E-state index contributed by atoms with van der Waals surface area (Å²) < 4.78 is 27.8. The van der Waals surface area contributed by atoms with Crippen molar-refractivity contribution in [3.8, 4) is 11.1 Å². The van der Waals surface area contributed by atoms with Crippen LogP contribution in [0.2, 0.25) is 0 Å². The summed E-state index contributed by atoms with van der Waals surface area (Å²) in [6.45, 7) is 9.44. The van der Waals surface area contributed by atoms with E-state index in [9.17, 15) is 32.8 Å². The van der Waals surface area contributed by atoms with Crippen molar-refractivity contribution in [3.05, 3.63) is 89.0 Å². The third kappa shape index (κ3) is 18.3. The number of hydrogen-bond donors (Lipinski definition) is 8. The molecule has 0 radical (unpaired) electrons. The number of aliphatic carboxylic acids is 1. The number of carbonyl (C=O) groups excluding carboxylic acids is 4. The van der Waals surface area contributed by atoms with Gasteiger partial charge in [-0.15, -0.1) is 5.10 Å². The van der Waals surface area contributed by atoms with Crippen LogP contribution in [0.25, 0.3) is 11.1 Å². The first-order chi connectivity index (χ1) is 29.6. The Kier molecular flexibility index (Phi) is 19.9. The summed E-state index contributed by atoms with van der Waals surface area (Å²) >= 11 is 0. The predicted molar refractivity (Wildman–Crippen MR) is 243 cm³/mol. The number of aryl methyl sites for hydroxylation is 1. The van der Waals surface area contributed by atoms with E-state index in [-0.39, 0.29) is 41.8 Å². The van der Waals surface area contributed by atoms with Crippen LogP contribution >= 0.6 is 9.24 Å². The summed E-state index contributed by atoms with van der Waals surface area (Å²) in [4.78, 5) is 63.7. The molecule has 1 saturated carbocycles. The lowest BCUT2D eigenvalue weighted by Gasteiger charge is -2.29. The first kappa shape index (κ1) is 51.6. The van der Waals surface area contributed by atoms with Crippen molar-refractivity contribution in [3.63, 3.8) is 0 Å². The second kappa shape index (κ2) is 24.2. The van der Waals surface area contributed by atoms with Crippen LogP contribution in [0.1, 0.15) is 79.9 Å². The van der Waals surface area contributed by atoms with E-state index in [1.54, 1.807) is 24.3 Å². The number of hydrazine groups is 1. The van der Waals surface area contributed by atoms with Gasteiger partial charge in [-0.2, -0.15) is 8.78 Å². The summed E-state index contributed by atoms with van der Waals surface area (Å²) in [5.74, 6) is 2.66. The molecule has 63 heavy (non-hydrogen) atoms. The van der Waals surface area contributed by atoms with Crippen molar-refractivity contribution < 1.29 is 42.6 Å². The molecule has 10 N–H and O–H groups in total. The molecule has 0 spiro atoms. The summed E-state index contributed by atoms with van der Waals surface area (Å²) in [6, 6.07) is 19.5. The van der Waals surface area contributed by atoms with Crippen molar-refractivity contribution >= 4 is 50.5 Å². The fourth-order valence-corrected chi connectivity index (χ4v) is 6.64. The normalized spacial score (nSPS) is 15.8. The van der Waals surface area contributed by atoms with E-state index < -0.39 is 29.4 Å². The van der Waals surface area contributed by atoms with Crippen molar-refractivity contribution in [2.24, 2.45) is 28.5 Å². The van der Waals surface area contributed by atoms with Crippen molar-refractivity contribution in [1.82, 2.24) is 26.4 Å². The van der Waals surface area contributed by atoms with E-state index >= 15 is 0 Å². The standard InChI is InChI=1S/C42H59N9O5.C2H3F2O2P/c1-27-24-33(38(52)45-22-7-23-51(5)6)18-21-35(27)30-12-8-28(9-13-30)25-36(40(54)47-34-19-16-31(17-20-34)37(43)49-50-44)48-39(53)32-14-10-29(11-15-32)26-46-41(55)56-42(2,3)4;3-2(4,7)1(5)6/h8-9,12-13,16-21,24,29,32,36,50H,7,10-11,14-15,22-23,25-26,44H2,1-6H3,(H2,43,49)(H,45,52)(H,46,55)(H,47,54)(H,48,53);7H2,(H,5,6)/t29?,32?,36-;/m0./s1. The smallest absolute Gasteiger partial charge is 0.407 e. The van der Waals surface area contributed by atoms with Gasteiger partial charge in [-0.3, -0.25) is 14.4 Å². The Morgan fingerprint density at radius 2 is 1.54 bits per heavy atom. The number of alkyl carbamates (subject to hydrolysis) is 1. The van der Waals surface area contributed by atoms with E-state index in [0.717, 1.165) is 57.3 Å². The second-order valence-electron chi connectivity index (χ2n) is 16.6. The summed E-state index contributed by atoms with van der Waals surface area (Å²) in [6.07, 6.45) is 3.52. The number of amides is 4. The number of hydrazone groups is 1. The van der Waals surface area contributed by atoms with Crippen LogP contribution < -0.4 is 38.4 Å². The summed E-state index contributed by atoms with van der Waals surface area (Å²) in [5.41, 5.74) is 9.40. The highest BCUT2D eigenvalue weighted by Gasteiger charge is 2.32. The van der Waals surface area contributed by atoms with Crippen LogP contribution in [0.5, 0.6) is 0 Å². The zero-order chi connectivity index (χ0) is 46.9. The van der Waals surface area contributed by atoms with Gasteiger partial charge in [-0.1, -0.05) is 30.3 Å².